The molecule has 2 fully saturated rings. The number of benzene rings is 1. The van der Waals surface area contributed by atoms with E-state index < -0.39 is 0 Å². The van der Waals surface area contributed by atoms with Gasteiger partial charge in [-0.1, -0.05) is 18.2 Å². The maximum atomic E-state index is 13.5. The fourth-order valence-corrected chi connectivity index (χ4v) is 5.25. The first kappa shape index (κ1) is 17.4. The minimum absolute atomic E-state index is 0.0320. The minimum atomic E-state index is 0.0320. The average Bonchev–Trinajstić information content (AvgIpc) is 3.10. The molecule has 3 atom stereocenters. The Morgan fingerprint density at radius 2 is 1.82 bits per heavy atom. The number of carbonyl (C=O) groups excluding carboxylic acids is 1. The molecule has 2 aliphatic heterocycles. The normalized spacial score (nSPS) is 24.6. The van der Waals surface area contributed by atoms with Crippen LogP contribution in [0.1, 0.15) is 36.0 Å². The lowest BCUT2D eigenvalue weighted by atomic mass is 9.97. The Morgan fingerprint density at radius 1 is 1.07 bits per heavy atom. The summed E-state index contributed by atoms with van der Waals surface area (Å²) in [5.41, 5.74) is 3.73. The Balaban J connectivity index is 1.54. The van der Waals surface area contributed by atoms with Crippen molar-refractivity contribution in [1.29, 1.82) is 0 Å². The maximum absolute atomic E-state index is 13.5. The summed E-state index contributed by atoms with van der Waals surface area (Å²) in [7, 11) is 4.25. The van der Waals surface area contributed by atoms with Crippen LogP contribution in [0.3, 0.4) is 0 Å². The van der Waals surface area contributed by atoms with Crippen LogP contribution in [0.5, 0.6) is 0 Å². The van der Waals surface area contributed by atoms with Gasteiger partial charge in [0.05, 0.1) is 11.3 Å². The van der Waals surface area contributed by atoms with E-state index in [1.165, 1.54) is 12.8 Å². The van der Waals surface area contributed by atoms with Gasteiger partial charge in [0.25, 0.3) is 5.91 Å². The van der Waals surface area contributed by atoms with Gasteiger partial charge in [-0.3, -0.25) is 9.78 Å². The Morgan fingerprint density at radius 3 is 2.54 bits per heavy atom. The van der Waals surface area contributed by atoms with Crippen LogP contribution >= 0.6 is 0 Å². The monoisotopic (exact) mass is 374 g/mol. The van der Waals surface area contributed by atoms with Crippen molar-refractivity contribution in [3.63, 3.8) is 0 Å². The predicted octanol–water partition coefficient (Wildman–Crippen LogP) is 3.60. The van der Waals surface area contributed by atoms with Crippen molar-refractivity contribution in [3.05, 3.63) is 54.4 Å². The first-order valence-electron chi connectivity index (χ1n) is 10.1. The van der Waals surface area contributed by atoms with Crippen molar-refractivity contribution >= 4 is 16.8 Å². The van der Waals surface area contributed by atoms with Gasteiger partial charge < -0.3 is 14.8 Å². The SMILES string of the molecule is CN1[C@@H]2CC[C@H]1C[C@@H](NC(=O)c1c(-c3cccnc3)n(C)c3ccccc13)C2. The molecular weight excluding hydrogens is 348 g/mol. The summed E-state index contributed by atoms with van der Waals surface area (Å²) in [6.45, 7) is 0. The van der Waals surface area contributed by atoms with Gasteiger partial charge in [-0.15, -0.1) is 0 Å². The van der Waals surface area contributed by atoms with Gasteiger partial charge in [0.1, 0.15) is 0 Å². The smallest absolute Gasteiger partial charge is 0.254 e. The molecule has 2 saturated heterocycles. The van der Waals surface area contributed by atoms with Crippen molar-refractivity contribution in [3.8, 4) is 11.3 Å². The van der Waals surface area contributed by atoms with E-state index in [4.69, 9.17) is 0 Å². The van der Waals surface area contributed by atoms with Crippen molar-refractivity contribution in [2.75, 3.05) is 7.05 Å². The molecule has 0 saturated carbocycles. The number of nitrogens with zero attached hydrogens (tertiary/aromatic N) is 3. The molecule has 0 aliphatic carbocycles. The standard InChI is InChI=1S/C23H26N4O/c1-26-17-9-10-18(26)13-16(12-17)25-23(28)21-19-7-3-4-8-20(19)27(2)22(21)15-6-5-11-24-14-15/h3-8,11,14,16-18H,9-10,12-13H2,1-2H3,(H,25,28)/t16-,17+,18-. The zero-order valence-corrected chi connectivity index (χ0v) is 16.4. The topological polar surface area (TPSA) is 50.2 Å². The van der Waals surface area contributed by atoms with E-state index in [1.54, 1.807) is 6.20 Å². The summed E-state index contributed by atoms with van der Waals surface area (Å²) in [5, 5.41) is 4.37. The van der Waals surface area contributed by atoms with Crippen LogP contribution in [0.4, 0.5) is 0 Å². The number of rotatable bonds is 3. The van der Waals surface area contributed by atoms with E-state index in [9.17, 15) is 4.79 Å². The first-order valence-corrected chi connectivity index (χ1v) is 10.1. The molecule has 1 N–H and O–H groups in total. The Labute approximate surface area is 165 Å². The third-order valence-corrected chi connectivity index (χ3v) is 6.70. The lowest BCUT2D eigenvalue weighted by Crippen LogP contribution is -2.48. The van der Waals surface area contributed by atoms with E-state index in [2.05, 4.69) is 32.9 Å². The third kappa shape index (κ3) is 2.73. The van der Waals surface area contributed by atoms with E-state index >= 15 is 0 Å². The van der Waals surface area contributed by atoms with Crippen molar-refractivity contribution in [1.82, 2.24) is 19.8 Å². The number of aromatic nitrogens is 2. The Bertz CT molecular complexity index is 1010. The van der Waals surface area contributed by atoms with Crippen molar-refractivity contribution < 1.29 is 4.79 Å². The Hall–Kier alpha value is -2.66. The highest BCUT2D eigenvalue weighted by Gasteiger charge is 2.39. The van der Waals surface area contributed by atoms with E-state index in [0.29, 0.717) is 12.1 Å². The highest BCUT2D eigenvalue weighted by atomic mass is 16.1. The van der Waals surface area contributed by atoms with Crippen LogP contribution in [0.25, 0.3) is 22.2 Å². The molecular formula is C23H26N4O. The molecule has 5 nitrogen and oxygen atoms in total. The summed E-state index contributed by atoms with van der Waals surface area (Å²) in [4.78, 5) is 20.3. The molecule has 3 aromatic rings. The van der Waals surface area contributed by atoms with Gasteiger partial charge in [-0.25, -0.2) is 0 Å². The number of fused-ring (bicyclic) bond motifs is 3. The molecule has 0 unspecified atom stereocenters. The van der Waals surface area contributed by atoms with Gasteiger partial charge in [0.15, 0.2) is 0 Å². The molecule has 4 heterocycles. The van der Waals surface area contributed by atoms with Crippen LogP contribution in [0.15, 0.2) is 48.8 Å². The molecule has 5 rings (SSSR count). The van der Waals surface area contributed by atoms with Crippen molar-refractivity contribution in [2.24, 2.45) is 7.05 Å². The van der Waals surface area contributed by atoms with Gasteiger partial charge in [0, 0.05) is 54.0 Å². The largest absolute Gasteiger partial charge is 0.349 e. The predicted molar refractivity (Wildman–Crippen MR) is 111 cm³/mol. The van der Waals surface area contributed by atoms with Gasteiger partial charge in [-0.2, -0.15) is 0 Å². The van der Waals surface area contributed by atoms with Crippen LogP contribution in [0.2, 0.25) is 0 Å². The van der Waals surface area contributed by atoms with Gasteiger partial charge >= 0.3 is 0 Å². The molecule has 5 heteroatoms. The second-order valence-corrected chi connectivity index (χ2v) is 8.23. The number of hydrogen-bond donors (Lipinski definition) is 1. The lowest BCUT2D eigenvalue weighted by molar-refractivity contribution is 0.0884. The van der Waals surface area contributed by atoms with Gasteiger partial charge in [-0.05, 0) is 50.9 Å². The zero-order valence-electron chi connectivity index (χ0n) is 16.4. The number of amides is 1. The summed E-state index contributed by atoms with van der Waals surface area (Å²) in [5.74, 6) is 0.0320. The summed E-state index contributed by atoms with van der Waals surface area (Å²) < 4.78 is 2.11. The quantitative estimate of drug-likeness (QED) is 0.762. The van der Waals surface area contributed by atoms with E-state index in [1.807, 2.05) is 43.6 Å². The summed E-state index contributed by atoms with van der Waals surface area (Å²) >= 11 is 0. The number of hydrogen-bond acceptors (Lipinski definition) is 3. The number of para-hydroxylation sites is 1. The number of piperidine rings is 1. The molecule has 2 bridgehead atoms. The number of aryl methyl sites for hydroxylation is 1. The van der Waals surface area contributed by atoms with E-state index in [0.717, 1.165) is 40.6 Å². The molecule has 144 valence electrons. The van der Waals surface area contributed by atoms with Crippen molar-refractivity contribution in [2.45, 2.75) is 43.8 Å². The molecule has 1 amide bonds. The third-order valence-electron chi connectivity index (χ3n) is 6.70. The Kier molecular flexibility index (Phi) is 4.20. The van der Waals surface area contributed by atoms with Crippen LogP contribution in [0, 0.1) is 0 Å². The second-order valence-electron chi connectivity index (χ2n) is 8.23. The highest BCUT2D eigenvalue weighted by Crippen LogP contribution is 2.36. The molecule has 2 aromatic heterocycles. The fraction of sp³-hybridized carbons (Fsp3) is 0.391. The van der Waals surface area contributed by atoms with Gasteiger partial charge in [0.2, 0.25) is 0 Å². The maximum Gasteiger partial charge on any atom is 0.254 e. The molecule has 0 radical (unpaired) electrons. The van der Waals surface area contributed by atoms with Crippen LogP contribution in [-0.2, 0) is 7.05 Å². The summed E-state index contributed by atoms with van der Waals surface area (Å²) in [6, 6.07) is 13.5. The second kappa shape index (κ2) is 6.74. The van der Waals surface area contributed by atoms with Crippen LogP contribution in [-0.4, -0.2) is 45.5 Å². The first-order chi connectivity index (χ1) is 13.6. The summed E-state index contributed by atoms with van der Waals surface area (Å²) in [6.07, 6.45) is 8.20. The highest BCUT2D eigenvalue weighted by molar-refractivity contribution is 6.12. The number of carbonyl (C=O) groups is 1. The molecule has 2 aliphatic rings. The average molecular weight is 374 g/mol. The number of nitrogens with one attached hydrogen (secondary N) is 1. The molecule has 28 heavy (non-hydrogen) atoms. The fourth-order valence-electron chi connectivity index (χ4n) is 5.25. The van der Waals surface area contributed by atoms with Crippen LogP contribution < -0.4 is 5.32 Å². The minimum Gasteiger partial charge on any atom is -0.349 e. The molecule has 1 aromatic carbocycles. The lowest BCUT2D eigenvalue weighted by Gasteiger charge is -2.36. The molecule has 0 spiro atoms. The number of pyridine rings is 1. The van der Waals surface area contributed by atoms with E-state index in [-0.39, 0.29) is 11.9 Å². The zero-order chi connectivity index (χ0) is 19.3.